The molecule has 1 aliphatic rings. The van der Waals surface area contributed by atoms with E-state index in [1.165, 1.54) is 0 Å². The zero-order valence-electron chi connectivity index (χ0n) is 13.1. The summed E-state index contributed by atoms with van der Waals surface area (Å²) in [4.78, 5) is 2.36. The molecule has 0 spiro atoms. The van der Waals surface area contributed by atoms with Gasteiger partial charge in [0.2, 0.25) is 0 Å². The normalized spacial score (nSPS) is 19.6. The lowest BCUT2D eigenvalue weighted by Crippen LogP contribution is -2.47. The molecule has 2 rings (SSSR count). The number of rotatable bonds is 6. The Kier molecular flexibility index (Phi) is 5.18. The molecule has 1 fully saturated rings. The molecule has 0 aliphatic carbocycles. The molecule has 1 aromatic heterocycles. The Hall–Kier alpha value is -0.910. The summed E-state index contributed by atoms with van der Waals surface area (Å²) in [6, 6.07) is 2.05. The first kappa shape index (κ1) is 15.5. The maximum atomic E-state index is 5.72. The number of hydrogen-bond acceptors (Lipinski definition) is 5. The first-order valence-electron chi connectivity index (χ1n) is 7.46. The van der Waals surface area contributed by atoms with Crippen LogP contribution in [0.15, 0.2) is 10.6 Å². The first-order chi connectivity index (χ1) is 9.44. The van der Waals surface area contributed by atoms with E-state index in [1.807, 2.05) is 0 Å². The monoisotopic (exact) mass is 281 g/mol. The van der Waals surface area contributed by atoms with Crippen LogP contribution in [0, 0.1) is 5.92 Å². The number of aromatic nitrogens is 1. The molecule has 0 saturated carbocycles. The molecule has 1 aromatic rings. The van der Waals surface area contributed by atoms with Crippen molar-refractivity contribution in [3.05, 3.63) is 17.5 Å². The van der Waals surface area contributed by atoms with Gasteiger partial charge in [0.15, 0.2) is 5.76 Å². The smallest absolute Gasteiger partial charge is 0.151 e. The van der Waals surface area contributed by atoms with Crippen LogP contribution in [0.3, 0.4) is 0 Å². The summed E-state index contributed by atoms with van der Waals surface area (Å²) in [7, 11) is 0. The first-order valence-corrected chi connectivity index (χ1v) is 7.46. The molecule has 0 radical (unpaired) electrons. The molecule has 0 amide bonds. The maximum absolute atomic E-state index is 5.72. The van der Waals surface area contributed by atoms with Crippen molar-refractivity contribution < 1.29 is 9.26 Å². The van der Waals surface area contributed by atoms with Gasteiger partial charge in [0, 0.05) is 25.7 Å². The molecule has 1 saturated heterocycles. The van der Waals surface area contributed by atoms with E-state index in [4.69, 9.17) is 9.26 Å². The fraction of sp³-hybridized carbons (Fsp3) is 0.800. The van der Waals surface area contributed by atoms with Crippen molar-refractivity contribution in [2.75, 3.05) is 26.2 Å². The van der Waals surface area contributed by atoms with E-state index in [1.54, 1.807) is 0 Å². The summed E-state index contributed by atoms with van der Waals surface area (Å²) in [5.41, 5.74) is 0.910. The highest BCUT2D eigenvalue weighted by Crippen LogP contribution is 2.18. The van der Waals surface area contributed by atoms with Crippen molar-refractivity contribution in [3.63, 3.8) is 0 Å². The Balaban J connectivity index is 1.80. The molecule has 5 nitrogen and oxygen atoms in total. The maximum Gasteiger partial charge on any atom is 0.151 e. The predicted octanol–water partition coefficient (Wildman–Crippen LogP) is 2.03. The molecular weight excluding hydrogens is 254 g/mol. The van der Waals surface area contributed by atoms with Crippen LogP contribution >= 0.6 is 0 Å². The van der Waals surface area contributed by atoms with Crippen LogP contribution < -0.4 is 5.32 Å². The molecule has 0 bridgehead atoms. The lowest BCUT2D eigenvalue weighted by Gasteiger charge is -2.37. The zero-order chi connectivity index (χ0) is 14.6. The van der Waals surface area contributed by atoms with E-state index >= 15 is 0 Å². The van der Waals surface area contributed by atoms with Crippen molar-refractivity contribution in [2.24, 2.45) is 5.92 Å². The summed E-state index contributed by atoms with van der Waals surface area (Å²) in [6.07, 6.45) is 0. The van der Waals surface area contributed by atoms with Crippen LogP contribution in [0.5, 0.6) is 0 Å². The predicted molar refractivity (Wildman–Crippen MR) is 78.4 cm³/mol. The molecular formula is C15H27N3O2. The average molecular weight is 281 g/mol. The molecule has 20 heavy (non-hydrogen) atoms. The Morgan fingerprint density at radius 3 is 2.95 bits per heavy atom. The minimum Gasteiger partial charge on any atom is -0.373 e. The van der Waals surface area contributed by atoms with Gasteiger partial charge in [-0.05, 0) is 26.3 Å². The van der Waals surface area contributed by atoms with E-state index in [0.29, 0.717) is 5.92 Å². The number of morpholine rings is 1. The van der Waals surface area contributed by atoms with Crippen LogP contribution in [0.25, 0.3) is 0 Å². The Labute approximate surface area is 121 Å². The van der Waals surface area contributed by atoms with Gasteiger partial charge in [-0.25, -0.2) is 0 Å². The molecule has 5 heteroatoms. The second kappa shape index (κ2) is 6.70. The number of nitrogens with one attached hydrogen (secondary N) is 1. The van der Waals surface area contributed by atoms with E-state index < -0.39 is 0 Å². The van der Waals surface area contributed by atoms with Crippen molar-refractivity contribution in [1.29, 1.82) is 0 Å². The lowest BCUT2D eigenvalue weighted by atomic mass is 10.1. The Bertz CT molecular complexity index is 415. The summed E-state index contributed by atoms with van der Waals surface area (Å²) in [6.45, 7) is 13.9. The molecule has 2 heterocycles. The highest BCUT2D eigenvalue weighted by molar-refractivity contribution is 5.05. The number of ether oxygens (including phenoxy) is 1. The molecule has 1 aliphatic heterocycles. The standard InChI is InChI=1S/C15H27N3O2/c1-12(2)8-16-9-13-7-14(20-17-13)10-18-5-6-19-15(3,4)11-18/h7,12,16H,5-6,8-11H2,1-4H3. The van der Waals surface area contributed by atoms with Crippen molar-refractivity contribution in [3.8, 4) is 0 Å². The average Bonchev–Trinajstić information content (AvgIpc) is 2.75. The summed E-state index contributed by atoms with van der Waals surface area (Å²) in [5, 5.41) is 7.49. The third-order valence-corrected chi connectivity index (χ3v) is 3.35. The third kappa shape index (κ3) is 4.89. The van der Waals surface area contributed by atoms with Crippen molar-refractivity contribution in [1.82, 2.24) is 15.4 Å². The summed E-state index contributed by atoms with van der Waals surface area (Å²) >= 11 is 0. The molecule has 0 atom stereocenters. The van der Waals surface area contributed by atoms with E-state index in [2.05, 4.69) is 49.1 Å². The second-order valence-corrected chi connectivity index (χ2v) is 6.63. The quantitative estimate of drug-likeness (QED) is 0.864. The van der Waals surface area contributed by atoms with Gasteiger partial charge >= 0.3 is 0 Å². The second-order valence-electron chi connectivity index (χ2n) is 6.63. The van der Waals surface area contributed by atoms with Gasteiger partial charge in [-0.3, -0.25) is 4.90 Å². The molecule has 114 valence electrons. The van der Waals surface area contributed by atoms with Gasteiger partial charge in [0.05, 0.1) is 24.4 Å². The van der Waals surface area contributed by atoms with E-state index in [0.717, 1.165) is 50.8 Å². The van der Waals surface area contributed by atoms with Gasteiger partial charge in [-0.15, -0.1) is 0 Å². The van der Waals surface area contributed by atoms with Crippen LogP contribution in [0.4, 0.5) is 0 Å². The molecule has 0 aromatic carbocycles. The van der Waals surface area contributed by atoms with Gasteiger partial charge in [-0.2, -0.15) is 0 Å². The number of nitrogens with zero attached hydrogens (tertiary/aromatic N) is 2. The van der Waals surface area contributed by atoms with Gasteiger partial charge in [0.25, 0.3) is 0 Å². The molecule has 1 N–H and O–H groups in total. The highest BCUT2D eigenvalue weighted by Gasteiger charge is 2.27. The largest absolute Gasteiger partial charge is 0.373 e. The van der Waals surface area contributed by atoms with Gasteiger partial charge in [-0.1, -0.05) is 19.0 Å². The van der Waals surface area contributed by atoms with Crippen molar-refractivity contribution >= 4 is 0 Å². The Morgan fingerprint density at radius 2 is 2.25 bits per heavy atom. The molecule has 0 unspecified atom stereocenters. The lowest BCUT2D eigenvalue weighted by molar-refractivity contribution is -0.0896. The van der Waals surface area contributed by atoms with Crippen LogP contribution in [-0.4, -0.2) is 41.9 Å². The highest BCUT2D eigenvalue weighted by atomic mass is 16.5. The Morgan fingerprint density at radius 1 is 1.45 bits per heavy atom. The number of hydrogen-bond donors (Lipinski definition) is 1. The minimum absolute atomic E-state index is 0.0695. The van der Waals surface area contributed by atoms with Crippen LogP contribution in [0.2, 0.25) is 0 Å². The third-order valence-electron chi connectivity index (χ3n) is 3.35. The van der Waals surface area contributed by atoms with Gasteiger partial charge < -0.3 is 14.6 Å². The van der Waals surface area contributed by atoms with Gasteiger partial charge in [0.1, 0.15) is 0 Å². The van der Waals surface area contributed by atoms with E-state index in [-0.39, 0.29) is 5.60 Å². The van der Waals surface area contributed by atoms with Crippen molar-refractivity contribution in [2.45, 2.75) is 46.4 Å². The zero-order valence-corrected chi connectivity index (χ0v) is 13.1. The fourth-order valence-electron chi connectivity index (χ4n) is 2.47. The summed E-state index contributed by atoms with van der Waals surface area (Å²) in [5.74, 6) is 1.58. The topological polar surface area (TPSA) is 50.5 Å². The summed E-state index contributed by atoms with van der Waals surface area (Å²) < 4.78 is 11.1. The van der Waals surface area contributed by atoms with E-state index in [9.17, 15) is 0 Å². The fourth-order valence-corrected chi connectivity index (χ4v) is 2.47. The minimum atomic E-state index is -0.0695. The van der Waals surface area contributed by atoms with Crippen LogP contribution in [0.1, 0.15) is 39.1 Å². The van der Waals surface area contributed by atoms with Crippen LogP contribution in [-0.2, 0) is 17.8 Å². The SMILES string of the molecule is CC(C)CNCc1cc(CN2CCOC(C)(C)C2)on1.